The van der Waals surface area contributed by atoms with Crippen LogP contribution in [0.5, 0.6) is 0 Å². The molecule has 0 bridgehead atoms. The second kappa shape index (κ2) is 6.58. The fourth-order valence-electron chi connectivity index (χ4n) is 2.34. The molecule has 8 heteroatoms. The number of pyridine rings is 2. The van der Waals surface area contributed by atoms with Crippen molar-refractivity contribution in [1.29, 1.82) is 0 Å². The van der Waals surface area contributed by atoms with E-state index in [0.29, 0.717) is 5.84 Å². The predicted molar refractivity (Wildman–Crippen MR) is 104 cm³/mol. The van der Waals surface area contributed by atoms with E-state index in [0.717, 1.165) is 36.4 Å². The predicted octanol–water partition coefficient (Wildman–Crippen LogP) is 3.95. The van der Waals surface area contributed by atoms with Crippen molar-refractivity contribution in [3.05, 3.63) is 47.6 Å². The van der Waals surface area contributed by atoms with Crippen LogP contribution < -0.4 is 0 Å². The van der Waals surface area contributed by atoms with Gasteiger partial charge in [-0.1, -0.05) is 11.3 Å². The maximum Gasteiger partial charge on any atom is 0.166 e. The molecule has 0 fully saturated rings. The van der Waals surface area contributed by atoms with E-state index in [2.05, 4.69) is 31.9 Å². The quantitative estimate of drug-likeness (QED) is 0.407. The maximum absolute atomic E-state index is 4.72. The number of amidine groups is 1. The molecule has 0 amide bonds. The minimum Gasteiger partial charge on any atom is -0.269 e. The fourth-order valence-corrected chi connectivity index (χ4v) is 4.17. The van der Waals surface area contributed by atoms with E-state index in [1.807, 2.05) is 30.3 Å². The fraction of sp³-hybridized carbons (Fsp3) is 0.0588. The average molecular weight is 364 g/mol. The van der Waals surface area contributed by atoms with Gasteiger partial charge in [-0.05, 0) is 37.0 Å². The molecule has 0 aliphatic rings. The highest BCUT2D eigenvalue weighted by Gasteiger charge is 2.13. The van der Waals surface area contributed by atoms with Crippen LogP contribution in [0.4, 0.5) is 0 Å². The molecule has 4 aromatic rings. The number of hydrogen-bond donors (Lipinski definition) is 0. The number of rotatable bonds is 3. The van der Waals surface area contributed by atoms with Crippen molar-refractivity contribution >= 4 is 45.4 Å². The number of hydrogen-bond acceptors (Lipinski definition) is 7. The van der Waals surface area contributed by atoms with E-state index in [4.69, 9.17) is 4.98 Å². The van der Waals surface area contributed by atoms with E-state index in [9.17, 15) is 0 Å². The van der Waals surface area contributed by atoms with Crippen molar-refractivity contribution in [1.82, 2.24) is 20.2 Å². The molecule has 0 N–H and O–H groups in total. The molecule has 0 aliphatic heterocycles. The zero-order valence-corrected chi connectivity index (χ0v) is 14.9. The molecule has 4 heterocycles. The summed E-state index contributed by atoms with van der Waals surface area (Å²) in [6.07, 6.45) is 3.52. The Morgan fingerprint density at radius 2 is 2.00 bits per heavy atom. The van der Waals surface area contributed by atoms with Gasteiger partial charge in [0.25, 0.3) is 0 Å². The number of thiophene rings is 1. The first-order chi connectivity index (χ1) is 12.3. The molecular weight excluding hydrogens is 352 g/mol. The van der Waals surface area contributed by atoms with E-state index in [1.54, 1.807) is 19.4 Å². The molecule has 0 unspecified atom stereocenters. The maximum atomic E-state index is 4.72. The standard InChI is InChI=1S/C17H12N6S2/c1-18-14(19-2)13-8-10-5-6-12(21-15(10)24-13)17-23-22-16(25-17)11-4-3-7-20-9-11/h3-9H,1H2,2H3. The molecule has 0 spiro atoms. The minimum absolute atomic E-state index is 0.624. The van der Waals surface area contributed by atoms with Gasteiger partial charge in [-0.2, -0.15) is 0 Å². The Labute approximate surface area is 151 Å². The summed E-state index contributed by atoms with van der Waals surface area (Å²) >= 11 is 3.03. The lowest BCUT2D eigenvalue weighted by atomic mass is 10.3. The summed E-state index contributed by atoms with van der Waals surface area (Å²) in [6.45, 7) is 3.56. The summed E-state index contributed by atoms with van der Waals surface area (Å²) in [7, 11) is 1.70. The monoisotopic (exact) mass is 364 g/mol. The third-order valence-corrected chi connectivity index (χ3v) is 5.55. The minimum atomic E-state index is 0.624. The van der Waals surface area contributed by atoms with Crippen molar-refractivity contribution in [2.45, 2.75) is 0 Å². The van der Waals surface area contributed by atoms with Gasteiger partial charge in [-0.25, -0.2) is 9.98 Å². The first-order valence-corrected chi connectivity index (χ1v) is 9.00. The average Bonchev–Trinajstić information content (AvgIpc) is 3.30. The lowest BCUT2D eigenvalue weighted by molar-refractivity contribution is 1.09. The SMILES string of the molecule is C=NC(=NC)c1cc2ccc(-c3nnc(-c4cccnc4)s3)nc2s1. The van der Waals surface area contributed by atoms with Crippen LogP contribution in [0.1, 0.15) is 4.88 Å². The Hall–Kier alpha value is -2.84. The topological polar surface area (TPSA) is 76.3 Å². The molecule has 4 rings (SSSR count). The van der Waals surface area contributed by atoms with Gasteiger partial charge in [0.2, 0.25) is 0 Å². The lowest BCUT2D eigenvalue weighted by Gasteiger charge is -1.94. The van der Waals surface area contributed by atoms with Gasteiger partial charge >= 0.3 is 0 Å². The van der Waals surface area contributed by atoms with Crippen molar-refractivity contribution in [3.8, 4) is 21.3 Å². The Morgan fingerprint density at radius 1 is 1.12 bits per heavy atom. The molecule has 0 aromatic carbocycles. The summed E-state index contributed by atoms with van der Waals surface area (Å²) in [6, 6.07) is 9.85. The largest absolute Gasteiger partial charge is 0.269 e. The molecule has 0 atom stereocenters. The van der Waals surface area contributed by atoms with Gasteiger partial charge in [0.15, 0.2) is 10.8 Å². The highest BCUT2D eigenvalue weighted by atomic mass is 32.1. The van der Waals surface area contributed by atoms with Crippen molar-refractivity contribution in [2.24, 2.45) is 9.98 Å². The van der Waals surface area contributed by atoms with Gasteiger partial charge < -0.3 is 0 Å². The molecule has 4 aromatic heterocycles. The van der Waals surface area contributed by atoms with Crippen molar-refractivity contribution in [2.75, 3.05) is 7.05 Å². The highest BCUT2D eigenvalue weighted by molar-refractivity contribution is 7.20. The molecule has 0 radical (unpaired) electrons. The summed E-state index contributed by atoms with van der Waals surface area (Å²) in [5, 5.41) is 11.2. The van der Waals surface area contributed by atoms with Crippen LogP contribution in [0.3, 0.4) is 0 Å². The van der Waals surface area contributed by atoms with Crippen molar-refractivity contribution < 1.29 is 0 Å². The van der Waals surface area contributed by atoms with Crippen LogP contribution >= 0.6 is 22.7 Å². The summed E-state index contributed by atoms with van der Waals surface area (Å²) in [4.78, 5) is 18.8. The number of nitrogens with zero attached hydrogens (tertiary/aromatic N) is 6. The number of aliphatic imine (C=N–C) groups is 2. The molecular formula is C17H12N6S2. The first-order valence-electron chi connectivity index (χ1n) is 7.37. The third kappa shape index (κ3) is 2.97. The number of fused-ring (bicyclic) bond motifs is 1. The Bertz CT molecular complexity index is 1080. The molecule has 25 heavy (non-hydrogen) atoms. The zero-order valence-electron chi connectivity index (χ0n) is 13.2. The smallest absolute Gasteiger partial charge is 0.166 e. The Balaban J connectivity index is 1.73. The van der Waals surface area contributed by atoms with E-state index >= 15 is 0 Å². The van der Waals surface area contributed by atoms with E-state index in [-0.39, 0.29) is 0 Å². The second-order valence-corrected chi connectivity index (χ2v) is 7.07. The molecule has 6 nitrogen and oxygen atoms in total. The summed E-state index contributed by atoms with van der Waals surface area (Å²) in [5.74, 6) is 0.624. The summed E-state index contributed by atoms with van der Waals surface area (Å²) in [5.41, 5.74) is 1.75. The molecule has 0 aliphatic carbocycles. The van der Waals surface area contributed by atoms with Gasteiger partial charge in [-0.15, -0.1) is 21.5 Å². The van der Waals surface area contributed by atoms with Crippen LogP contribution in [-0.4, -0.2) is 39.8 Å². The Morgan fingerprint density at radius 3 is 2.76 bits per heavy atom. The van der Waals surface area contributed by atoms with Gasteiger partial charge in [0, 0.05) is 30.4 Å². The second-order valence-electron chi connectivity index (χ2n) is 5.06. The first kappa shape index (κ1) is 15.7. The van der Waals surface area contributed by atoms with Crippen LogP contribution in [0.2, 0.25) is 0 Å². The van der Waals surface area contributed by atoms with Gasteiger partial charge in [0.1, 0.15) is 15.5 Å². The molecule has 0 saturated carbocycles. The van der Waals surface area contributed by atoms with Crippen LogP contribution in [0.15, 0.2) is 52.7 Å². The van der Waals surface area contributed by atoms with Crippen LogP contribution in [0.25, 0.3) is 31.5 Å². The van der Waals surface area contributed by atoms with E-state index < -0.39 is 0 Å². The van der Waals surface area contributed by atoms with Gasteiger partial charge in [0.05, 0.1) is 4.88 Å². The normalized spacial score (nSPS) is 11.8. The van der Waals surface area contributed by atoms with Crippen molar-refractivity contribution in [3.63, 3.8) is 0 Å². The molecule has 0 saturated heterocycles. The highest BCUT2D eigenvalue weighted by Crippen LogP contribution is 2.31. The third-order valence-electron chi connectivity index (χ3n) is 3.52. The van der Waals surface area contributed by atoms with Gasteiger partial charge in [-0.3, -0.25) is 9.98 Å². The molecule has 122 valence electrons. The zero-order chi connectivity index (χ0) is 17.2. The van der Waals surface area contributed by atoms with Crippen LogP contribution in [0, 0.1) is 0 Å². The van der Waals surface area contributed by atoms with E-state index in [1.165, 1.54) is 22.7 Å². The Kier molecular flexibility index (Phi) is 4.12. The number of aromatic nitrogens is 4. The lowest BCUT2D eigenvalue weighted by Crippen LogP contribution is -1.90. The van der Waals surface area contributed by atoms with Crippen LogP contribution in [-0.2, 0) is 0 Å². The summed E-state index contributed by atoms with van der Waals surface area (Å²) < 4.78 is 0.